The molecule has 0 saturated heterocycles. The molecular formula is C19H18N2O3. The second kappa shape index (κ2) is 5.74. The molecule has 24 heavy (non-hydrogen) atoms. The number of ketones is 1. The van der Waals surface area contributed by atoms with Gasteiger partial charge in [0.25, 0.3) is 5.69 Å². The van der Waals surface area contributed by atoms with Gasteiger partial charge in [-0.2, -0.15) is 0 Å². The van der Waals surface area contributed by atoms with Crippen LogP contribution in [0.4, 0.5) is 11.4 Å². The Morgan fingerprint density at radius 2 is 1.92 bits per heavy atom. The lowest BCUT2D eigenvalue weighted by molar-refractivity contribution is -0.384. The molecule has 0 bridgehead atoms. The van der Waals surface area contributed by atoms with E-state index in [2.05, 4.69) is 5.32 Å². The number of non-ortho nitro benzene ring substituents is 1. The molecule has 2 aliphatic rings. The molecule has 0 radical (unpaired) electrons. The molecule has 4 rings (SSSR count). The molecule has 1 N–H and O–H groups in total. The van der Waals surface area contributed by atoms with Gasteiger partial charge in [0.05, 0.1) is 11.0 Å². The van der Waals surface area contributed by atoms with E-state index in [0.29, 0.717) is 6.42 Å². The van der Waals surface area contributed by atoms with Crippen LogP contribution in [0.3, 0.4) is 0 Å². The molecule has 5 heteroatoms. The molecule has 0 aromatic heterocycles. The number of hydrogen-bond acceptors (Lipinski definition) is 4. The van der Waals surface area contributed by atoms with Gasteiger partial charge in [0.15, 0.2) is 0 Å². The summed E-state index contributed by atoms with van der Waals surface area (Å²) in [6, 6.07) is 14.9. The van der Waals surface area contributed by atoms with Crippen molar-refractivity contribution in [2.24, 2.45) is 5.92 Å². The minimum absolute atomic E-state index is 0.0487. The summed E-state index contributed by atoms with van der Waals surface area (Å²) < 4.78 is 0. The number of rotatable bonds is 2. The summed E-state index contributed by atoms with van der Waals surface area (Å²) in [5, 5.41) is 14.6. The molecule has 1 fully saturated rings. The number of fused-ring (bicyclic) bond motifs is 3. The van der Waals surface area contributed by atoms with Gasteiger partial charge in [-0.3, -0.25) is 14.9 Å². The lowest BCUT2D eigenvalue weighted by Crippen LogP contribution is -2.39. The first-order valence-corrected chi connectivity index (χ1v) is 8.27. The van der Waals surface area contributed by atoms with Crippen LogP contribution in [0, 0.1) is 16.0 Å². The molecule has 0 unspecified atom stereocenters. The normalized spacial score (nSPS) is 25.3. The third kappa shape index (κ3) is 2.37. The van der Waals surface area contributed by atoms with Crippen LogP contribution in [0.15, 0.2) is 48.5 Å². The predicted molar refractivity (Wildman–Crippen MR) is 91.0 cm³/mol. The van der Waals surface area contributed by atoms with E-state index in [9.17, 15) is 14.9 Å². The van der Waals surface area contributed by atoms with Crippen molar-refractivity contribution in [3.63, 3.8) is 0 Å². The lowest BCUT2D eigenvalue weighted by Gasteiger charge is -2.42. The first kappa shape index (κ1) is 14.9. The molecule has 5 nitrogen and oxygen atoms in total. The number of nitrogens with zero attached hydrogens (tertiary/aromatic N) is 1. The fourth-order valence-corrected chi connectivity index (χ4v) is 4.14. The number of anilines is 1. The SMILES string of the molecule is O=C1CCC[C@@H]2c3cc([N+](=O)[O-])ccc3N[C@H](c3ccccc3)[C@H]12. The fourth-order valence-electron chi connectivity index (χ4n) is 4.14. The average Bonchev–Trinajstić information content (AvgIpc) is 2.61. The number of nitrogens with one attached hydrogen (secondary N) is 1. The highest BCUT2D eigenvalue weighted by atomic mass is 16.6. The zero-order valence-corrected chi connectivity index (χ0v) is 13.1. The molecule has 122 valence electrons. The van der Waals surface area contributed by atoms with E-state index in [4.69, 9.17) is 0 Å². The van der Waals surface area contributed by atoms with E-state index in [0.717, 1.165) is 29.7 Å². The van der Waals surface area contributed by atoms with Gasteiger partial charge in [-0.25, -0.2) is 0 Å². The van der Waals surface area contributed by atoms with Gasteiger partial charge in [-0.15, -0.1) is 0 Å². The van der Waals surface area contributed by atoms with Gasteiger partial charge in [0.2, 0.25) is 0 Å². The minimum atomic E-state index is -0.372. The van der Waals surface area contributed by atoms with E-state index >= 15 is 0 Å². The molecule has 2 aromatic rings. The summed E-state index contributed by atoms with van der Waals surface area (Å²) >= 11 is 0. The van der Waals surface area contributed by atoms with E-state index in [1.807, 2.05) is 30.3 Å². The van der Waals surface area contributed by atoms with Gasteiger partial charge in [0, 0.05) is 30.2 Å². The maximum Gasteiger partial charge on any atom is 0.269 e. The third-order valence-electron chi connectivity index (χ3n) is 5.22. The largest absolute Gasteiger partial charge is 0.377 e. The van der Waals surface area contributed by atoms with Crippen molar-refractivity contribution in [1.82, 2.24) is 0 Å². The molecular weight excluding hydrogens is 304 g/mol. The van der Waals surface area contributed by atoms with E-state index in [1.54, 1.807) is 12.1 Å². The van der Waals surface area contributed by atoms with Crippen molar-refractivity contribution >= 4 is 17.2 Å². The number of nitro benzene ring substituents is 1. The predicted octanol–water partition coefficient (Wildman–Crippen LogP) is 4.21. The van der Waals surface area contributed by atoms with Crippen molar-refractivity contribution in [1.29, 1.82) is 0 Å². The quantitative estimate of drug-likeness (QED) is 0.664. The Morgan fingerprint density at radius 1 is 1.12 bits per heavy atom. The zero-order valence-electron chi connectivity index (χ0n) is 13.1. The number of benzene rings is 2. The van der Waals surface area contributed by atoms with Gasteiger partial charge in [0.1, 0.15) is 5.78 Å². The van der Waals surface area contributed by atoms with Crippen molar-refractivity contribution in [2.45, 2.75) is 31.2 Å². The highest BCUT2D eigenvalue weighted by molar-refractivity contribution is 5.86. The second-order valence-corrected chi connectivity index (χ2v) is 6.55. The Balaban J connectivity index is 1.83. The molecule has 1 aliphatic carbocycles. The summed E-state index contributed by atoms with van der Waals surface area (Å²) in [5.74, 6) is 0.146. The van der Waals surface area contributed by atoms with Crippen LogP contribution in [0.2, 0.25) is 0 Å². The highest BCUT2D eigenvalue weighted by Gasteiger charge is 2.43. The Kier molecular flexibility index (Phi) is 3.56. The van der Waals surface area contributed by atoms with Crippen LogP contribution >= 0.6 is 0 Å². The summed E-state index contributed by atoms with van der Waals surface area (Å²) in [6.45, 7) is 0. The monoisotopic (exact) mass is 322 g/mol. The van der Waals surface area contributed by atoms with Gasteiger partial charge in [-0.1, -0.05) is 30.3 Å². The smallest absolute Gasteiger partial charge is 0.269 e. The highest BCUT2D eigenvalue weighted by Crippen LogP contribution is 2.50. The van der Waals surface area contributed by atoms with Crippen LogP contribution in [-0.4, -0.2) is 10.7 Å². The van der Waals surface area contributed by atoms with Crippen LogP contribution in [-0.2, 0) is 4.79 Å². The summed E-state index contributed by atoms with van der Waals surface area (Å²) in [7, 11) is 0. The lowest BCUT2D eigenvalue weighted by atomic mass is 9.67. The molecule has 1 saturated carbocycles. The topological polar surface area (TPSA) is 72.2 Å². The van der Waals surface area contributed by atoms with Gasteiger partial charge >= 0.3 is 0 Å². The standard InChI is InChI=1S/C19H18N2O3/c22-17-8-4-7-14-15-11-13(21(23)24)9-10-16(15)20-19(18(14)17)12-5-2-1-3-6-12/h1-3,5-6,9-11,14,18-20H,4,7-8H2/t14-,18+,19-/m1/s1. The van der Waals surface area contributed by atoms with E-state index < -0.39 is 0 Å². The number of nitro groups is 1. The second-order valence-electron chi connectivity index (χ2n) is 6.55. The molecule has 2 aromatic carbocycles. The Labute approximate surface area is 139 Å². The first-order chi connectivity index (χ1) is 11.6. The Morgan fingerprint density at radius 3 is 2.67 bits per heavy atom. The van der Waals surface area contributed by atoms with Crippen LogP contribution in [0.25, 0.3) is 0 Å². The molecule has 0 amide bonds. The summed E-state index contributed by atoms with van der Waals surface area (Å²) in [6.07, 6.45) is 2.34. The van der Waals surface area contributed by atoms with Crippen molar-refractivity contribution < 1.29 is 9.72 Å². The van der Waals surface area contributed by atoms with Crippen molar-refractivity contribution in [2.75, 3.05) is 5.32 Å². The van der Waals surface area contributed by atoms with Crippen molar-refractivity contribution in [3.05, 3.63) is 69.8 Å². The Bertz CT molecular complexity index is 804. The maximum absolute atomic E-state index is 12.7. The summed E-state index contributed by atoms with van der Waals surface area (Å²) in [5.41, 5.74) is 3.00. The van der Waals surface area contributed by atoms with Crippen LogP contribution in [0.5, 0.6) is 0 Å². The third-order valence-corrected chi connectivity index (χ3v) is 5.22. The number of carbonyl (C=O) groups excluding carboxylic acids is 1. The maximum atomic E-state index is 12.7. The van der Waals surface area contributed by atoms with Crippen LogP contribution in [0.1, 0.15) is 42.3 Å². The Hall–Kier alpha value is -2.69. The molecule has 1 aliphatic heterocycles. The minimum Gasteiger partial charge on any atom is -0.377 e. The molecule has 3 atom stereocenters. The zero-order chi connectivity index (χ0) is 16.7. The van der Waals surface area contributed by atoms with Crippen LogP contribution < -0.4 is 5.32 Å². The first-order valence-electron chi connectivity index (χ1n) is 8.27. The van der Waals surface area contributed by atoms with Gasteiger partial charge in [-0.05, 0) is 36.0 Å². The average molecular weight is 322 g/mol. The number of hydrogen-bond donors (Lipinski definition) is 1. The van der Waals surface area contributed by atoms with E-state index in [1.165, 1.54) is 6.07 Å². The number of carbonyl (C=O) groups is 1. The van der Waals surface area contributed by atoms with Crippen molar-refractivity contribution in [3.8, 4) is 0 Å². The molecule has 1 heterocycles. The summed E-state index contributed by atoms with van der Waals surface area (Å²) in [4.78, 5) is 23.4. The van der Waals surface area contributed by atoms with Gasteiger partial charge < -0.3 is 5.32 Å². The fraction of sp³-hybridized carbons (Fsp3) is 0.316. The molecule has 0 spiro atoms. The van der Waals surface area contributed by atoms with E-state index in [-0.39, 0.29) is 34.3 Å². The number of Topliss-reactive ketones (excluding diaryl/α,β-unsaturated/α-hetero) is 1.